The van der Waals surface area contributed by atoms with Crippen molar-refractivity contribution in [2.75, 3.05) is 26.8 Å². The quantitative estimate of drug-likeness (QED) is 0.626. The predicted octanol–water partition coefficient (Wildman–Crippen LogP) is 2.13. The Hall–Kier alpha value is -3.20. The van der Waals surface area contributed by atoms with Gasteiger partial charge < -0.3 is 14.2 Å². The summed E-state index contributed by atoms with van der Waals surface area (Å²) in [5.41, 5.74) is 0.793. The first kappa shape index (κ1) is 19.1. The molecule has 1 aliphatic heterocycles. The number of aromatic nitrogens is 5. The fraction of sp³-hybridized carbons (Fsp3) is 0.400. The third-order valence-electron chi connectivity index (χ3n) is 5.27. The number of hydrogen-bond acceptors (Lipinski definition) is 8. The molecule has 0 spiro atoms. The van der Waals surface area contributed by atoms with E-state index in [0.717, 1.165) is 18.4 Å². The highest BCUT2D eigenvalue weighted by molar-refractivity contribution is 5.93. The summed E-state index contributed by atoms with van der Waals surface area (Å²) in [5, 5.41) is 4.28. The van der Waals surface area contributed by atoms with Crippen molar-refractivity contribution in [3.63, 3.8) is 0 Å². The van der Waals surface area contributed by atoms with Crippen LogP contribution in [0.15, 0.2) is 47.8 Å². The molecule has 1 saturated heterocycles. The van der Waals surface area contributed by atoms with Gasteiger partial charge in [0.2, 0.25) is 0 Å². The van der Waals surface area contributed by atoms with Crippen molar-refractivity contribution in [1.29, 1.82) is 0 Å². The molecule has 150 valence electrons. The molecule has 0 saturated carbocycles. The first-order valence-corrected chi connectivity index (χ1v) is 9.50. The maximum atomic E-state index is 13.0. The highest BCUT2D eigenvalue weighted by Crippen LogP contribution is 2.37. The number of carbonyl (C=O) groups is 1. The Morgan fingerprint density at radius 3 is 2.90 bits per heavy atom. The summed E-state index contributed by atoms with van der Waals surface area (Å²) in [5.74, 6) is 0.920. The number of carbonyl (C=O) groups excluding carboxylic acids is 1. The molecule has 3 aromatic heterocycles. The van der Waals surface area contributed by atoms with Gasteiger partial charge in [0.25, 0.3) is 11.8 Å². The van der Waals surface area contributed by atoms with Gasteiger partial charge in [-0.15, -0.1) is 0 Å². The topological polar surface area (TPSA) is 107 Å². The van der Waals surface area contributed by atoms with Crippen molar-refractivity contribution in [2.24, 2.45) is 0 Å². The zero-order chi connectivity index (χ0) is 20.1. The second-order valence-corrected chi connectivity index (χ2v) is 7.15. The summed E-state index contributed by atoms with van der Waals surface area (Å²) in [6, 6.07) is 3.70. The fourth-order valence-corrected chi connectivity index (χ4v) is 3.74. The summed E-state index contributed by atoms with van der Waals surface area (Å²) in [4.78, 5) is 31.5. The van der Waals surface area contributed by atoms with Crippen LogP contribution in [0.2, 0.25) is 0 Å². The first-order chi connectivity index (χ1) is 14.2. The highest BCUT2D eigenvalue weighted by Gasteiger charge is 2.42. The Morgan fingerprint density at radius 2 is 2.14 bits per heavy atom. The van der Waals surface area contributed by atoms with Crippen LogP contribution < -0.4 is 0 Å². The van der Waals surface area contributed by atoms with Gasteiger partial charge in [0.15, 0.2) is 5.82 Å². The fourth-order valence-electron chi connectivity index (χ4n) is 3.74. The largest absolute Gasteiger partial charge is 0.385 e. The van der Waals surface area contributed by atoms with E-state index in [4.69, 9.17) is 9.26 Å². The molecule has 0 aromatic carbocycles. The van der Waals surface area contributed by atoms with Crippen molar-refractivity contribution in [1.82, 2.24) is 30.0 Å². The van der Waals surface area contributed by atoms with Gasteiger partial charge in [-0.2, -0.15) is 4.98 Å². The predicted molar refractivity (Wildman–Crippen MR) is 103 cm³/mol. The first-order valence-electron chi connectivity index (χ1n) is 9.50. The monoisotopic (exact) mass is 394 g/mol. The summed E-state index contributed by atoms with van der Waals surface area (Å²) in [6.45, 7) is 1.68. The van der Waals surface area contributed by atoms with Gasteiger partial charge in [-0.1, -0.05) is 5.16 Å². The van der Waals surface area contributed by atoms with Crippen molar-refractivity contribution in [3.8, 4) is 11.5 Å². The molecule has 9 heteroatoms. The Balaban J connectivity index is 1.63. The summed E-state index contributed by atoms with van der Waals surface area (Å²) in [7, 11) is 1.66. The molecule has 1 amide bonds. The van der Waals surface area contributed by atoms with Crippen LogP contribution in [-0.4, -0.2) is 62.7 Å². The van der Waals surface area contributed by atoms with Crippen LogP contribution in [-0.2, 0) is 10.2 Å². The molecule has 4 rings (SSSR count). The van der Waals surface area contributed by atoms with Gasteiger partial charge in [-0.3, -0.25) is 9.78 Å². The summed E-state index contributed by atoms with van der Waals surface area (Å²) in [6.07, 6.45) is 10.2. The number of likely N-dealkylation sites (tertiary alicyclic amines) is 1. The van der Waals surface area contributed by atoms with Crippen LogP contribution in [0.5, 0.6) is 0 Å². The van der Waals surface area contributed by atoms with Crippen LogP contribution >= 0.6 is 0 Å². The van der Waals surface area contributed by atoms with Crippen molar-refractivity contribution in [2.45, 2.75) is 24.7 Å². The lowest BCUT2D eigenvalue weighted by atomic mass is 9.76. The van der Waals surface area contributed by atoms with Crippen LogP contribution in [0.1, 0.15) is 35.4 Å². The van der Waals surface area contributed by atoms with Gasteiger partial charge in [-0.05, 0) is 31.4 Å². The lowest BCUT2D eigenvalue weighted by Gasteiger charge is -2.40. The lowest BCUT2D eigenvalue weighted by Crippen LogP contribution is -2.49. The molecule has 1 aliphatic rings. The van der Waals surface area contributed by atoms with E-state index >= 15 is 0 Å². The average molecular weight is 394 g/mol. The van der Waals surface area contributed by atoms with Gasteiger partial charge in [0, 0.05) is 51.6 Å². The van der Waals surface area contributed by atoms with E-state index in [9.17, 15) is 4.79 Å². The number of ether oxygens (including phenoxy) is 1. The van der Waals surface area contributed by atoms with E-state index in [-0.39, 0.29) is 5.91 Å². The van der Waals surface area contributed by atoms with E-state index in [1.165, 1.54) is 18.7 Å². The van der Waals surface area contributed by atoms with Gasteiger partial charge in [-0.25, -0.2) is 9.97 Å². The van der Waals surface area contributed by atoms with E-state index < -0.39 is 5.41 Å². The molecule has 1 unspecified atom stereocenters. The Bertz CT molecular complexity index is 949. The second kappa shape index (κ2) is 8.44. The van der Waals surface area contributed by atoms with Gasteiger partial charge in [0.1, 0.15) is 6.33 Å². The van der Waals surface area contributed by atoms with E-state index in [1.54, 1.807) is 19.5 Å². The number of piperidine rings is 1. The van der Waals surface area contributed by atoms with Gasteiger partial charge in [0.05, 0.1) is 16.5 Å². The Kier molecular flexibility index (Phi) is 5.57. The number of nitrogens with zero attached hydrogens (tertiary/aromatic N) is 6. The van der Waals surface area contributed by atoms with E-state index in [0.29, 0.717) is 43.4 Å². The lowest BCUT2D eigenvalue weighted by molar-refractivity contribution is 0.0566. The van der Waals surface area contributed by atoms with Crippen LogP contribution in [0, 0.1) is 0 Å². The van der Waals surface area contributed by atoms with E-state index in [2.05, 4.69) is 25.1 Å². The smallest absolute Gasteiger partial charge is 0.259 e. The normalized spacial score (nSPS) is 19.3. The molecule has 0 bridgehead atoms. The Labute approximate surface area is 168 Å². The number of methoxy groups -OCH3 is 1. The maximum absolute atomic E-state index is 13.0. The minimum absolute atomic E-state index is 0.0944. The zero-order valence-electron chi connectivity index (χ0n) is 16.2. The molecular formula is C20H22N6O3. The minimum Gasteiger partial charge on any atom is -0.385 e. The standard InChI is InChI=1S/C20H22N6O3/c1-28-9-6-20(19-24-17(29-25-19)15-4-2-7-21-10-15)5-3-8-26(13-20)18(27)16-11-22-14-23-12-16/h2,4,7,10-12,14H,3,5-6,8-9,13H2,1H3. The molecule has 4 heterocycles. The molecule has 3 aromatic rings. The number of hydrogen-bond donors (Lipinski definition) is 0. The molecule has 1 atom stereocenters. The summed E-state index contributed by atoms with van der Waals surface area (Å²) < 4.78 is 10.9. The highest BCUT2D eigenvalue weighted by atomic mass is 16.5. The Morgan fingerprint density at radius 1 is 1.28 bits per heavy atom. The van der Waals surface area contributed by atoms with E-state index in [1.807, 2.05) is 17.0 Å². The molecule has 9 nitrogen and oxygen atoms in total. The SMILES string of the molecule is COCCC1(c2noc(-c3cccnc3)n2)CCCN(C(=O)c2cncnc2)C1. The van der Waals surface area contributed by atoms with Crippen molar-refractivity contribution < 1.29 is 14.1 Å². The molecule has 1 fully saturated rings. The van der Waals surface area contributed by atoms with Crippen LogP contribution in [0.25, 0.3) is 11.5 Å². The molecule has 0 radical (unpaired) electrons. The molecule has 0 N–H and O–H groups in total. The van der Waals surface area contributed by atoms with Crippen molar-refractivity contribution in [3.05, 3.63) is 54.6 Å². The average Bonchev–Trinajstić information content (AvgIpc) is 3.30. The van der Waals surface area contributed by atoms with Gasteiger partial charge >= 0.3 is 0 Å². The number of amides is 1. The minimum atomic E-state index is -0.441. The zero-order valence-corrected chi connectivity index (χ0v) is 16.2. The number of rotatable bonds is 6. The van der Waals surface area contributed by atoms with Crippen molar-refractivity contribution >= 4 is 5.91 Å². The second-order valence-electron chi connectivity index (χ2n) is 7.15. The third-order valence-corrected chi connectivity index (χ3v) is 5.27. The summed E-state index contributed by atoms with van der Waals surface area (Å²) >= 11 is 0. The molecule has 0 aliphatic carbocycles. The van der Waals surface area contributed by atoms with Crippen LogP contribution in [0.4, 0.5) is 0 Å². The third kappa shape index (κ3) is 4.00. The number of pyridine rings is 1. The van der Waals surface area contributed by atoms with Crippen LogP contribution in [0.3, 0.4) is 0 Å². The molecular weight excluding hydrogens is 372 g/mol. The maximum Gasteiger partial charge on any atom is 0.259 e. The molecule has 29 heavy (non-hydrogen) atoms.